The molecule has 1 aliphatic heterocycles. The van der Waals surface area contributed by atoms with Crippen LogP contribution in [0.3, 0.4) is 0 Å². The average molecular weight is 355 g/mol. The molecule has 0 aliphatic carbocycles. The predicted molar refractivity (Wildman–Crippen MR) is 95.8 cm³/mol. The highest BCUT2D eigenvalue weighted by Gasteiger charge is 2.19. The van der Waals surface area contributed by atoms with Gasteiger partial charge in [0.25, 0.3) is 0 Å². The molecule has 0 spiro atoms. The molecule has 0 saturated carbocycles. The molecule has 1 aliphatic rings. The number of halogens is 1. The van der Waals surface area contributed by atoms with Gasteiger partial charge in [0.2, 0.25) is 12.3 Å². The third-order valence-electron chi connectivity index (χ3n) is 3.98. The lowest BCUT2D eigenvalue weighted by molar-refractivity contribution is -0.118. The Labute approximate surface area is 150 Å². The first kappa shape index (κ1) is 17.5. The van der Waals surface area contributed by atoms with Crippen LogP contribution in [0.5, 0.6) is 5.88 Å². The second-order valence-electron chi connectivity index (χ2n) is 5.80. The molecule has 0 atom stereocenters. The molecule has 2 aromatic rings. The number of aromatic nitrogens is 1. The molecule has 0 radical (unpaired) electrons. The Morgan fingerprint density at radius 2 is 2.08 bits per heavy atom. The van der Waals surface area contributed by atoms with Crippen LogP contribution < -0.4 is 10.6 Å². The van der Waals surface area contributed by atoms with E-state index >= 15 is 0 Å². The van der Waals surface area contributed by atoms with Crippen molar-refractivity contribution in [3.63, 3.8) is 0 Å². The Bertz CT molecular complexity index is 864. The average Bonchev–Trinajstić information content (AvgIpc) is 3.08. The summed E-state index contributed by atoms with van der Waals surface area (Å²) in [6.07, 6.45) is 0.802. The van der Waals surface area contributed by atoms with Gasteiger partial charge in [-0.15, -0.1) is 0 Å². The number of nitrogens with zero attached hydrogens (tertiary/aromatic N) is 4. The van der Waals surface area contributed by atoms with Gasteiger partial charge in [-0.25, -0.2) is 14.4 Å². The van der Waals surface area contributed by atoms with Gasteiger partial charge in [0.1, 0.15) is 18.1 Å². The summed E-state index contributed by atoms with van der Waals surface area (Å²) in [7, 11) is 0. The van der Waals surface area contributed by atoms with Gasteiger partial charge in [-0.1, -0.05) is 0 Å². The molecule has 2 N–H and O–H groups in total. The van der Waals surface area contributed by atoms with Crippen molar-refractivity contribution in [1.82, 2.24) is 9.88 Å². The Morgan fingerprint density at radius 3 is 2.77 bits per heavy atom. The van der Waals surface area contributed by atoms with E-state index < -0.39 is 0 Å². The maximum atomic E-state index is 13.0. The van der Waals surface area contributed by atoms with Crippen molar-refractivity contribution in [1.29, 1.82) is 0 Å². The first-order chi connectivity index (χ1) is 12.6. The highest BCUT2D eigenvalue weighted by Crippen LogP contribution is 2.22. The molecule has 3 rings (SSSR count). The minimum atomic E-state index is -0.335. The van der Waals surface area contributed by atoms with Gasteiger partial charge >= 0.3 is 0 Å². The summed E-state index contributed by atoms with van der Waals surface area (Å²) < 4.78 is 18.8. The van der Waals surface area contributed by atoms with Crippen LogP contribution in [-0.2, 0) is 17.9 Å². The van der Waals surface area contributed by atoms with Gasteiger partial charge in [-0.05, 0) is 42.8 Å². The second-order valence-corrected chi connectivity index (χ2v) is 5.80. The fourth-order valence-electron chi connectivity index (χ4n) is 2.52. The Hall–Kier alpha value is -3.29. The number of fused-ring (bicyclic) bond motifs is 1. The number of carbonyl (C=O) groups is 1. The number of carbonyl (C=O) groups excluding carboxylic acids is 1. The Balaban J connectivity index is 1.75. The van der Waals surface area contributed by atoms with Gasteiger partial charge in [0, 0.05) is 12.6 Å². The third-order valence-corrected chi connectivity index (χ3v) is 3.98. The summed E-state index contributed by atoms with van der Waals surface area (Å²) in [5, 5.41) is 3.66. The number of hydrogen-bond donors (Lipinski definition) is 1. The quantitative estimate of drug-likeness (QED) is 0.372. The van der Waals surface area contributed by atoms with E-state index in [0.717, 1.165) is 17.7 Å². The zero-order valence-corrected chi connectivity index (χ0v) is 14.2. The normalized spacial score (nSPS) is 14.3. The molecule has 8 heteroatoms. The van der Waals surface area contributed by atoms with Crippen molar-refractivity contribution in [2.75, 3.05) is 6.61 Å². The summed E-state index contributed by atoms with van der Waals surface area (Å²) in [5.74, 6) is 5.45. The number of benzene rings is 1. The lowest BCUT2D eigenvalue weighted by atomic mass is 10.2. The first-order valence-electron chi connectivity index (χ1n) is 7.98. The molecule has 134 valence electrons. The number of pyridine rings is 1. The maximum absolute atomic E-state index is 13.0. The van der Waals surface area contributed by atoms with Crippen molar-refractivity contribution in [2.24, 2.45) is 15.9 Å². The molecule has 0 fully saturated rings. The van der Waals surface area contributed by atoms with Crippen LogP contribution in [0.25, 0.3) is 0 Å². The van der Waals surface area contributed by atoms with Crippen molar-refractivity contribution in [3.8, 4) is 5.88 Å². The van der Waals surface area contributed by atoms with Crippen LogP contribution >= 0.6 is 0 Å². The van der Waals surface area contributed by atoms with Crippen LogP contribution in [0.2, 0.25) is 0 Å². The highest BCUT2D eigenvalue weighted by atomic mass is 19.1. The predicted octanol–water partition coefficient (Wildman–Crippen LogP) is 2.18. The number of aliphatic imine (C=N–C) groups is 1. The smallest absolute Gasteiger partial charge is 0.213 e. The Morgan fingerprint density at radius 1 is 1.31 bits per heavy atom. The molecule has 1 aromatic carbocycles. The van der Waals surface area contributed by atoms with E-state index in [4.69, 9.17) is 10.6 Å². The standard InChI is InChI=1S/C18H18FN5O2/c1-12(23-20)17(21-15-5-3-14(19)4-6-15)10-26-18-7-2-13-8-24(11-25)9-16(13)22-18/h2-7,11H,8-10,20H2,1H3/b21-17?,23-12-. The van der Waals surface area contributed by atoms with Gasteiger partial charge in [0.15, 0.2) is 0 Å². The molecule has 0 saturated heterocycles. The summed E-state index contributed by atoms with van der Waals surface area (Å²) in [6.45, 7) is 2.84. The van der Waals surface area contributed by atoms with E-state index in [1.807, 2.05) is 6.07 Å². The van der Waals surface area contributed by atoms with Crippen LogP contribution in [0.15, 0.2) is 46.5 Å². The van der Waals surface area contributed by atoms with Gasteiger partial charge in [-0.2, -0.15) is 5.10 Å². The lowest BCUT2D eigenvalue weighted by Gasteiger charge is -2.09. The van der Waals surface area contributed by atoms with Crippen LogP contribution in [0, 0.1) is 5.82 Å². The summed E-state index contributed by atoms with van der Waals surface area (Å²) in [4.78, 5) is 21.4. The molecule has 1 amide bonds. The highest BCUT2D eigenvalue weighted by molar-refractivity contribution is 6.42. The van der Waals surface area contributed by atoms with Gasteiger partial charge < -0.3 is 15.5 Å². The molecular weight excluding hydrogens is 337 g/mol. The van der Waals surface area contributed by atoms with Gasteiger partial charge in [-0.3, -0.25) is 4.79 Å². The molecule has 0 bridgehead atoms. The van der Waals surface area contributed by atoms with Crippen LogP contribution in [0.1, 0.15) is 18.2 Å². The topological polar surface area (TPSA) is 93.2 Å². The largest absolute Gasteiger partial charge is 0.471 e. The van der Waals surface area contributed by atoms with Crippen LogP contribution in [0.4, 0.5) is 10.1 Å². The number of nitrogens with two attached hydrogens (primary N) is 1. The number of rotatable bonds is 6. The van der Waals surface area contributed by atoms with Crippen molar-refractivity contribution in [2.45, 2.75) is 20.0 Å². The van der Waals surface area contributed by atoms with E-state index in [0.29, 0.717) is 36.1 Å². The van der Waals surface area contributed by atoms with Crippen molar-refractivity contribution >= 4 is 23.5 Å². The van der Waals surface area contributed by atoms with Gasteiger partial charge in [0.05, 0.1) is 23.6 Å². The molecular formula is C18H18FN5O2. The molecule has 2 heterocycles. The molecule has 26 heavy (non-hydrogen) atoms. The van der Waals surface area contributed by atoms with E-state index in [9.17, 15) is 9.18 Å². The molecule has 7 nitrogen and oxygen atoms in total. The van der Waals surface area contributed by atoms with E-state index in [2.05, 4.69) is 15.1 Å². The number of hydrazone groups is 1. The Kier molecular flexibility index (Phi) is 5.21. The van der Waals surface area contributed by atoms with E-state index in [1.165, 1.54) is 12.1 Å². The minimum Gasteiger partial charge on any atom is -0.471 e. The second kappa shape index (κ2) is 7.73. The fraction of sp³-hybridized carbons (Fsp3) is 0.222. The number of amides is 1. The summed E-state index contributed by atoms with van der Waals surface area (Å²) >= 11 is 0. The van der Waals surface area contributed by atoms with E-state index in [1.54, 1.807) is 30.0 Å². The van der Waals surface area contributed by atoms with Crippen molar-refractivity contribution < 1.29 is 13.9 Å². The lowest BCUT2D eigenvalue weighted by Crippen LogP contribution is -2.21. The number of ether oxygens (including phenoxy) is 1. The minimum absolute atomic E-state index is 0.104. The number of hydrogen-bond acceptors (Lipinski definition) is 6. The summed E-state index contributed by atoms with van der Waals surface area (Å²) in [6, 6.07) is 9.40. The first-order valence-corrected chi connectivity index (χ1v) is 7.98. The third kappa shape index (κ3) is 4.02. The summed E-state index contributed by atoms with van der Waals surface area (Å²) in [5.41, 5.74) is 3.40. The zero-order valence-electron chi connectivity index (χ0n) is 14.2. The fourth-order valence-corrected chi connectivity index (χ4v) is 2.52. The SMILES string of the molecule is C/C(=N/N)C(COc1ccc2c(n1)CN(C=O)C2)=Nc1ccc(F)cc1. The molecule has 0 unspecified atom stereocenters. The van der Waals surface area contributed by atoms with Crippen molar-refractivity contribution in [3.05, 3.63) is 53.5 Å². The van der Waals surface area contributed by atoms with Crippen LogP contribution in [-0.4, -0.2) is 34.3 Å². The zero-order chi connectivity index (χ0) is 18.5. The molecule has 1 aromatic heterocycles. The van der Waals surface area contributed by atoms with E-state index in [-0.39, 0.29) is 12.4 Å². The maximum Gasteiger partial charge on any atom is 0.213 e. The monoisotopic (exact) mass is 355 g/mol.